The molecule has 1 atom stereocenters. The highest BCUT2D eigenvalue weighted by atomic mass is 16.7. The van der Waals surface area contributed by atoms with Crippen LogP contribution >= 0.6 is 0 Å². The average Bonchev–Trinajstić information content (AvgIpc) is 2.59. The van der Waals surface area contributed by atoms with E-state index in [4.69, 9.17) is 9.47 Å². The van der Waals surface area contributed by atoms with Gasteiger partial charge in [-0.3, -0.25) is 0 Å². The monoisotopic (exact) mass is 164 g/mol. The van der Waals surface area contributed by atoms with E-state index in [1.807, 2.05) is 30.3 Å². The molecule has 2 rings (SSSR count). The van der Waals surface area contributed by atoms with Crippen LogP contribution in [0.25, 0.3) is 0 Å². The second kappa shape index (κ2) is 3.59. The summed E-state index contributed by atoms with van der Waals surface area (Å²) >= 11 is 0. The van der Waals surface area contributed by atoms with Crippen molar-refractivity contribution in [3.63, 3.8) is 0 Å². The molecule has 2 heteroatoms. The highest BCUT2D eigenvalue weighted by molar-refractivity contribution is 5.21. The number of rotatable bonds is 2. The third-order valence-electron chi connectivity index (χ3n) is 1.90. The van der Waals surface area contributed by atoms with E-state index in [0.29, 0.717) is 0 Å². The Morgan fingerprint density at radius 2 is 2.08 bits per heavy atom. The van der Waals surface area contributed by atoms with E-state index in [-0.39, 0.29) is 6.29 Å². The fraction of sp³-hybridized carbons (Fsp3) is 0.400. The summed E-state index contributed by atoms with van der Waals surface area (Å²) in [5.74, 6) is 0.893. The molecule has 0 bridgehead atoms. The average molecular weight is 164 g/mol. The van der Waals surface area contributed by atoms with Crippen LogP contribution in [0.15, 0.2) is 30.3 Å². The van der Waals surface area contributed by atoms with Gasteiger partial charge in [-0.1, -0.05) is 18.2 Å². The second-order valence-corrected chi connectivity index (χ2v) is 2.87. The first-order valence-electron chi connectivity index (χ1n) is 4.28. The minimum absolute atomic E-state index is 0.0209. The summed E-state index contributed by atoms with van der Waals surface area (Å²) in [7, 11) is 0. The quantitative estimate of drug-likeness (QED) is 0.667. The Balaban J connectivity index is 1.94. The lowest BCUT2D eigenvalue weighted by Gasteiger charge is -2.11. The molecule has 1 aromatic rings. The van der Waals surface area contributed by atoms with Gasteiger partial charge in [0, 0.05) is 6.42 Å². The second-order valence-electron chi connectivity index (χ2n) is 2.87. The van der Waals surface area contributed by atoms with Gasteiger partial charge in [0.05, 0.1) is 6.61 Å². The van der Waals surface area contributed by atoms with E-state index in [0.717, 1.165) is 25.2 Å². The number of ether oxygens (including phenoxy) is 2. The van der Waals surface area contributed by atoms with Crippen molar-refractivity contribution in [1.29, 1.82) is 0 Å². The first-order chi connectivity index (χ1) is 5.95. The molecule has 0 unspecified atom stereocenters. The van der Waals surface area contributed by atoms with Crippen LogP contribution in [0.5, 0.6) is 5.75 Å². The van der Waals surface area contributed by atoms with E-state index in [1.165, 1.54) is 0 Å². The molecule has 1 fully saturated rings. The highest BCUT2D eigenvalue weighted by Gasteiger charge is 2.16. The number of hydrogen-bond acceptors (Lipinski definition) is 2. The smallest absolute Gasteiger partial charge is 0.199 e. The van der Waals surface area contributed by atoms with Gasteiger partial charge in [-0.2, -0.15) is 0 Å². The summed E-state index contributed by atoms with van der Waals surface area (Å²) in [5, 5.41) is 0. The van der Waals surface area contributed by atoms with E-state index >= 15 is 0 Å². The maximum Gasteiger partial charge on any atom is 0.199 e. The van der Waals surface area contributed by atoms with Crippen molar-refractivity contribution in [3.05, 3.63) is 30.3 Å². The molecule has 0 aromatic heterocycles. The van der Waals surface area contributed by atoms with Crippen molar-refractivity contribution in [2.24, 2.45) is 0 Å². The van der Waals surface area contributed by atoms with Crippen molar-refractivity contribution < 1.29 is 9.47 Å². The third kappa shape index (κ3) is 1.77. The van der Waals surface area contributed by atoms with Crippen molar-refractivity contribution in [2.45, 2.75) is 19.1 Å². The van der Waals surface area contributed by atoms with Crippen LogP contribution in [0.1, 0.15) is 12.8 Å². The van der Waals surface area contributed by atoms with Crippen LogP contribution in [0.3, 0.4) is 0 Å². The molecule has 1 saturated heterocycles. The molecule has 2 nitrogen and oxygen atoms in total. The Kier molecular flexibility index (Phi) is 2.28. The zero-order valence-electron chi connectivity index (χ0n) is 6.90. The Bertz CT molecular complexity index is 227. The van der Waals surface area contributed by atoms with E-state index in [9.17, 15) is 0 Å². The molecule has 0 saturated carbocycles. The SMILES string of the molecule is c1ccc(O[C@@H]2CCCO2)cc1. The molecule has 0 radical (unpaired) electrons. The first kappa shape index (κ1) is 7.62. The molecule has 1 heterocycles. The van der Waals surface area contributed by atoms with Gasteiger partial charge in [0.15, 0.2) is 6.29 Å². The van der Waals surface area contributed by atoms with Crippen molar-refractivity contribution in [3.8, 4) is 5.75 Å². The van der Waals surface area contributed by atoms with Crippen molar-refractivity contribution in [2.75, 3.05) is 6.61 Å². The van der Waals surface area contributed by atoms with Gasteiger partial charge in [-0.15, -0.1) is 0 Å². The van der Waals surface area contributed by atoms with Crippen LogP contribution in [0, 0.1) is 0 Å². The van der Waals surface area contributed by atoms with Gasteiger partial charge in [-0.05, 0) is 18.6 Å². The van der Waals surface area contributed by atoms with Crippen LogP contribution in [0.2, 0.25) is 0 Å². The van der Waals surface area contributed by atoms with Crippen LogP contribution in [0.4, 0.5) is 0 Å². The number of benzene rings is 1. The standard InChI is InChI=1S/C10H12O2/c1-2-5-9(6-3-1)12-10-7-4-8-11-10/h1-3,5-6,10H,4,7-8H2/t10-/m1/s1. The molecule has 1 aromatic carbocycles. The topological polar surface area (TPSA) is 18.5 Å². The lowest BCUT2D eigenvalue weighted by molar-refractivity contribution is -0.0390. The molecule has 1 aliphatic rings. The summed E-state index contributed by atoms with van der Waals surface area (Å²) in [6.45, 7) is 0.831. The Hall–Kier alpha value is -1.02. The van der Waals surface area contributed by atoms with Crippen LogP contribution in [-0.4, -0.2) is 12.9 Å². The molecule has 0 amide bonds. The Morgan fingerprint density at radius 3 is 2.75 bits per heavy atom. The Morgan fingerprint density at radius 1 is 1.25 bits per heavy atom. The van der Waals surface area contributed by atoms with Gasteiger partial charge in [0.1, 0.15) is 5.75 Å². The van der Waals surface area contributed by atoms with Gasteiger partial charge >= 0.3 is 0 Å². The van der Waals surface area contributed by atoms with Crippen molar-refractivity contribution >= 4 is 0 Å². The molecule has 0 spiro atoms. The lowest BCUT2D eigenvalue weighted by atomic mass is 10.3. The summed E-state index contributed by atoms with van der Waals surface area (Å²) in [6.07, 6.45) is 2.10. The van der Waals surface area contributed by atoms with E-state index in [1.54, 1.807) is 0 Å². The maximum absolute atomic E-state index is 5.55. The molecular formula is C10H12O2. The molecule has 12 heavy (non-hydrogen) atoms. The maximum atomic E-state index is 5.55. The summed E-state index contributed by atoms with van der Waals surface area (Å²) in [4.78, 5) is 0. The third-order valence-corrected chi connectivity index (χ3v) is 1.90. The minimum Gasteiger partial charge on any atom is -0.465 e. The Labute approximate surface area is 72.1 Å². The van der Waals surface area contributed by atoms with E-state index in [2.05, 4.69) is 0 Å². The predicted molar refractivity (Wildman–Crippen MR) is 46.0 cm³/mol. The molecule has 0 N–H and O–H groups in total. The lowest BCUT2D eigenvalue weighted by Crippen LogP contribution is -2.13. The fourth-order valence-corrected chi connectivity index (χ4v) is 1.29. The van der Waals surface area contributed by atoms with Gasteiger partial charge in [0.25, 0.3) is 0 Å². The normalized spacial score (nSPS) is 22.5. The summed E-state index contributed by atoms with van der Waals surface area (Å²) in [6, 6.07) is 9.79. The zero-order chi connectivity index (χ0) is 8.23. The summed E-state index contributed by atoms with van der Waals surface area (Å²) < 4.78 is 10.9. The largest absolute Gasteiger partial charge is 0.465 e. The minimum atomic E-state index is -0.0209. The summed E-state index contributed by atoms with van der Waals surface area (Å²) in [5.41, 5.74) is 0. The zero-order valence-corrected chi connectivity index (χ0v) is 6.90. The highest BCUT2D eigenvalue weighted by Crippen LogP contribution is 2.18. The van der Waals surface area contributed by atoms with Crippen molar-refractivity contribution in [1.82, 2.24) is 0 Å². The predicted octanol–water partition coefficient (Wildman–Crippen LogP) is 2.20. The van der Waals surface area contributed by atoms with Gasteiger partial charge < -0.3 is 9.47 Å². The molecule has 1 aliphatic heterocycles. The molecular weight excluding hydrogens is 152 g/mol. The molecule has 64 valence electrons. The number of para-hydroxylation sites is 1. The van der Waals surface area contributed by atoms with Gasteiger partial charge in [-0.25, -0.2) is 0 Å². The van der Waals surface area contributed by atoms with Gasteiger partial charge in [0.2, 0.25) is 0 Å². The van der Waals surface area contributed by atoms with Crippen LogP contribution in [-0.2, 0) is 4.74 Å². The van der Waals surface area contributed by atoms with Crippen LogP contribution < -0.4 is 4.74 Å². The fourth-order valence-electron chi connectivity index (χ4n) is 1.29. The first-order valence-corrected chi connectivity index (χ1v) is 4.28. The number of hydrogen-bond donors (Lipinski definition) is 0. The van der Waals surface area contributed by atoms with E-state index < -0.39 is 0 Å². The molecule has 0 aliphatic carbocycles.